The molecule has 0 bridgehead atoms. The third-order valence-electron chi connectivity index (χ3n) is 4.88. The second kappa shape index (κ2) is 7.18. The number of halogens is 4. The Labute approximate surface area is 134 Å². The number of likely N-dealkylation sites (tertiary alicyclic amines) is 2. The first-order chi connectivity index (χ1) is 11.1. The van der Waals surface area contributed by atoms with E-state index >= 15 is 0 Å². The van der Waals surface area contributed by atoms with Crippen molar-refractivity contribution in [2.24, 2.45) is 0 Å². The van der Waals surface area contributed by atoms with Crippen LogP contribution in [0.1, 0.15) is 50.3 Å². The van der Waals surface area contributed by atoms with Crippen LogP contribution in [0.15, 0.2) is 6.07 Å². The molecule has 2 saturated heterocycles. The van der Waals surface area contributed by atoms with Gasteiger partial charge in [0.2, 0.25) is 0 Å². The second-order valence-electron chi connectivity index (χ2n) is 6.45. The Balaban J connectivity index is 2.03. The highest BCUT2D eigenvalue weighted by Gasteiger charge is 2.35. The third kappa shape index (κ3) is 3.38. The van der Waals surface area contributed by atoms with Gasteiger partial charge in [0.1, 0.15) is 0 Å². The average molecular weight is 330 g/mol. The minimum atomic E-state index is -1.32. The molecule has 0 radical (unpaired) electrons. The summed E-state index contributed by atoms with van der Waals surface area (Å²) in [6.07, 6.45) is 5.17. The zero-order chi connectivity index (χ0) is 16.4. The molecule has 0 aromatic heterocycles. The number of benzene rings is 1. The molecule has 2 nitrogen and oxygen atoms in total. The first-order valence-corrected chi connectivity index (χ1v) is 8.40. The van der Waals surface area contributed by atoms with E-state index in [-0.39, 0.29) is 6.07 Å². The van der Waals surface area contributed by atoms with Crippen LogP contribution in [-0.2, 0) is 0 Å². The molecule has 0 N–H and O–H groups in total. The molecule has 2 fully saturated rings. The monoisotopic (exact) mass is 330 g/mol. The van der Waals surface area contributed by atoms with Crippen molar-refractivity contribution < 1.29 is 17.6 Å². The molecule has 1 aromatic carbocycles. The zero-order valence-corrected chi connectivity index (χ0v) is 13.1. The van der Waals surface area contributed by atoms with E-state index < -0.39 is 35.0 Å². The van der Waals surface area contributed by atoms with E-state index in [1.54, 1.807) is 0 Å². The summed E-state index contributed by atoms with van der Waals surface area (Å²) < 4.78 is 56.1. The maximum atomic E-state index is 14.4. The summed E-state index contributed by atoms with van der Waals surface area (Å²) in [7, 11) is 0. The largest absolute Gasteiger partial charge is 0.284 e. The number of hydrogen-bond donors (Lipinski definition) is 0. The Hall–Kier alpha value is -1.14. The maximum Gasteiger partial charge on any atom is 0.168 e. The Morgan fingerprint density at radius 3 is 1.43 bits per heavy atom. The highest BCUT2D eigenvalue weighted by atomic mass is 19.2. The molecule has 0 amide bonds. The van der Waals surface area contributed by atoms with Crippen LogP contribution >= 0.6 is 0 Å². The van der Waals surface area contributed by atoms with Crippen LogP contribution in [0.2, 0.25) is 0 Å². The van der Waals surface area contributed by atoms with E-state index in [1.165, 1.54) is 0 Å². The van der Waals surface area contributed by atoms with Gasteiger partial charge in [-0.1, -0.05) is 12.8 Å². The third-order valence-corrected chi connectivity index (χ3v) is 4.88. The van der Waals surface area contributed by atoms with Gasteiger partial charge in [0, 0.05) is 6.07 Å². The highest BCUT2D eigenvalue weighted by molar-refractivity contribution is 5.26. The zero-order valence-electron chi connectivity index (χ0n) is 13.1. The van der Waals surface area contributed by atoms with Crippen molar-refractivity contribution in [3.63, 3.8) is 0 Å². The van der Waals surface area contributed by atoms with Gasteiger partial charge < -0.3 is 0 Å². The van der Waals surface area contributed by atoms with Crippen LogP contribution in [-0.4, -0.2) is 36.0 Å². The van der Waals surface area contributed by atoms with Crippen molar-refractivity contribution in [2.75, 3.05) is 26.2 Å². The number of piperidine rings is 2. The Morgan fingerprint density at radius 1 is 0.652 bits per heavy atom. The normalized spacial score (nSPS) is 21.1. The Kier molecular flexibility index (Phi) is 5.21. The van der Waals surface area contributed by atoms with E-state index in [2.05, 4.69) is 0 Å². The summed E-state index contributed by atoms with van der Waals surface area (Å²) >= 11 is 0. The molecule has 0 atom stereocenters. The van der Waals surface area contributed by atoms with Crippen molar-refractivity contribution in [3.8, 4) is 0 Å². The number of nitrogens with zero attached hydrogens (tertiary/aromatic N) is 2. The fourth-order valence-electron chi connectivity index (χ4n) is 3.74. The first kappa shape index (κ1) is 16.7. The van der Waals surface area contributed by atoms with Crippen molar-refractivity contribution in [1.82, 2.24) is 9.80 Å². The van der Waals surface area contributed by atoms with Gasteiger partial charge in [-0.3, -0.25) is 9.80 Å². The van der Waals surface area contributed by atoms with Crippen molar-refractivity contribution >= 4 is 0 Å². The lowest BCUT2D eigenvalue weighted by molar-refractivity contribution is 0.0103. The standard InChI is InChI=1S/C17H22F4N2/c18-12-11-13(19)16(21)14(15(12)20)17(22-7-3-1-4-8-22)23-9-5-2-6-10-23/h11,17H,1-10H2. The van der Waals surface area contributed by atoms with Gasteiger partial charge in [-0.25, -0.2) is 17.6 Å². The smallest absolute Gasteiger partial charge is 0.168 e. The number of hydrogen-bond acceptors (Lipinski definition) is 2. The molecule has 0 aliphatic carbocycles. The van der Waals surface area contributed by atoms with Crippen molar-refractivity contribution in [2.45, 2.75) is 44.7 Å². The summed E-state index contributed by atoms with van der Waals surface area (Å²) in [6, 6.07) is 0.289. The van der Waals surface area contributed by atoms with Crippen LogP contribution in [0.3, 0.4) is 0 Å². The lowest BCUT2D eigenvalue weighted by atomic mass is 10.0. The lowest BCUT2D eigenvalue weighted by Crippen LogP contribution is -2.46. The molecule has 6 heteroatoms. The fourth-order valence-corrected chi connectivity index (χ4v) is 3.74. The van der Waals surface area contributed by atoms with Crippen LogP contribution in [0, 0.1) is 23.3 Å². The van der Waals surface area contributed by atoms with Crippen LogP contribution in [0.25, 0.3) is 0 Å². The lowest BCUT2D eigenvalue weighted by Gasteiger charge is -2.43. The molecule has 128 valence electrons. The summed E-state index contributed by atoms with van der Waals surface area (Å²) in [6.45, 7) is 2.77. The van der Waals surface area contributed by atoms with Gasteiger partial charge in [0.15, 0.2) is 23.3 Å². The predicted octanol–water partition coefficient (Wildman–Crippen LogP) is 4.21. The quantitative estimate of drug-likeness (QED) is 0.605. The van der Waals surface area contributed by atoms with Gasteiger partial charge in [0.05, 0.1) is 11.7 Å². The van der Waals surface area contributed by atoms with Crippen molar-refractivity contribution in [3.05, 3.63) is 34.9 Å². The molecule has 0 unspecified atom stereocenters. The van der Waals surface area contributed by atoms with Gasteiger partial charge in [-0.05, 0) is 51.9 Å². The van der Waals surface area contributed by atoms with Gasteiger partial charge in [-0.2, -0.15) is 0 Å². The SMILES string of the molecule is Fc1cc(F)c(F)c(C(N2CCCCC2)N2CCCCC2)c1F. The van der Waals surface area contributed by atoms with E-state index in [0.29, 0.717) is 26.2 Å². The summed E-state index contributed by atoms with van der Waals surface area (Å²) in [5, 5.41) is 0. The van der Waals surface area contributed by atoms with E-state index in [1.807, 2.05) is 9.80 Å². The van der Waals surface area contributed by atoms with Crippen LogP contribution < -0.4 is 0 Å². The van der Waals surface area contributed by atoms with E-state index in [0.717, 1.165) is 38.5 Å². The molecule has 2 aliphatic rings. The second-order valence-corrected chi connectivity index (χ2v) is 6.45. The van der Waals surface area contributed by atoms with Gasteiger partial charge in [0.25, 0.3) is 0 Å². The van der Waals surface area contributed by atoms with Crippen LogP contribution in [0.5, 0.6) is 0 Å². The predicted molar refractivity (Wildman–Crippen MR) is 79.9 cm³/mol. The maximum absolute atomic E-state index is 14.4. The fraction of sp³-hybridized carbons (Fsp3) is 0.647. The van der Waals surface area contributed by atoms with E-state index in [9.17, 15) is 17.6 Å². The molecule has 2 heterocycles. The highest BCUT2D eigenvalue weighted by Crippen LogP contribution is 2.35. The topological polar surface area (TPSA) is 6.48 Å². The Bertz CT molecular complexity index is 508. The molecular weight excluding hydrogens is 308 g/mol. The number of rotatable bonds is 3. The van der Waals surface area contributed by atoms with Crippen molar-refractivity contribution in [1.29, 1.82) is 0 Å². The molecular formula is C17H22F4N2. The van der Waals surface area contributed by atoms with E-state index in [4.69, 9.17) is 0 Å². The molecule has 0 spiro atoms. The summed E-state index contributed by atoms with van der Waals surface area (Å²) in [5.41, 5.74) is -0.466. The summed E-state index contributed by atoms with van der Waals surface area (Å²) in [5.74, 6) is -5.16. The molecule has 2 aliphatic heterocycles. The minimum Gasteiger partial charge on any atom is -0.284 e. The minimum absolute atomic E-state index is 0.289. The van der Waals surface area contributed by atoms with Crippen LogP contribution in [0.4, 0.5) is 17.6 Å². The molecule has 0 saturated carbocycles. The molecule has 1 aromatic rings. The van der Waals surface area contributed by atoms with Gasteiger partial charge >= 0.3 is 0 Å². The summed E-state index contributed by atoms with van der Waals surface area (Å²) in [4.78, 5) is 3.93. The van der Waals surface area contributed by atoms with Gasteiger partial charge in [-0.15, -0.1) is 0 Å². The first-order valence-electron chi connectivity index (χ1n) is 8.40. The molecule has 3 rings (SSSR count). The Morgan fingerprint density at radius 2 is 1.04 bits per heavy atom. The molecule has 23 heavy (non-hydrogen) atoms. The average Bonchev–Trinajstić information content (AvgIpc) is 2.58.